The average Bonchev–Trinajstić information content (AvgIpc) is 2.55. The van der Waals surface area contributed by atoms with E-state index in [1.807, 2.05) is 0 Å². The molecule has 19 heavy (non-hydrogen) atoms. The number of hydrogen-bond acceptors (Lipinski definition) is 3. The molecule has 0 unspecified atom stereocenters. The molecule has 0 atom stereocenters. The zero-order chi connectivity index (χ0) is 14.5. The van der Waals surface area contributed by atoms with E-state index < -0.39 is 22.9 Å². The molecule has 5 nitrogen and oxygen atoms in total. The van der Waals surface area contributed by atoms with Crippen LogP contribution in [0.5, 0.6) is 0 Å². The molecule has 0 aromatic heterocycles. The quantitative estimate of drug-likeness (QED) is 0.817. The molecule has 0 amide bonds. The molecule has 114 valence electrons. The average molecular weight is 303 g/mol. The SMILES string of the molecule is CCCN(CC(F)(F)F)S(=O)(=O)N1CCCNCC1. The van der Waals surface area contributed by atoms with Crippen molar-refractivity contribution >= 4 is 10.2 Å². The van der Waals surface area contributed by atoms with Crippen molar-refractivity contribution in [2.45, 2.75) is 25.9 Å². The summed E-state index contributed by atoms with van der Waals surface area (Å²) in [4.78, 5) is 0. The lowest BCUT2D eigenvalue weighted by molar-refractivity contribution is -0.136. The topological polar surface area (TPSA) is 52.7 Å². The molecule has 0 saturated carbocycles. The van der Waals surface area contributed by atoms with Gasteiger partial charge in [0.15, 0.2) is 0 Å². The van der Waals surface area contributed by atoms with E-state index in [0.29, 0.717) is 30.2 Å². The highest BCUT2D eigenvalue weighted by Gasteiger charge is 2.38. The Balaban J connectivity index is 2.84. The molecule has 9 heteroatoms. The Morgan fingerprint density at radius 1 is 1.26 bits per heavy atom. The van der Waals surface area contributed by atoms with E-state index in [1.165, 1.54) is 0 Å². The molecule has 1 fully saturated rings. The zero-order valence-electron chi connectivity index (χ0n) is 10.9. The van der Waals surface area contributed by atoms with Gasteiger partial charge in [-0.05, 0) is 19.4 Å². The normalized spacial score (nSPS) is 19.6. The van der Waals surface area contributed by atoms with Crippen molar-refractivity contribution in [2.75, 3.05) is 39.3 Å². The maximum absolute atomic E-state index is 12.5. The van der Waals surface area contributed by atoms with Crippen molar-refractivity contribution in [2.24, 2.45) is 0 Å². The van der Waals surface area contributed by atoms with Gasteiger partial charge in [0.1, 0.15) is 6.54 Å². The summed E-state index contributed by atoms with van der Waals surface area (Å²) < 4.78 is 63.5. The largest absolute Gasteiger partial charge is 0.402 e. The molecule has 1 heterocycles. The van der Waals surface area contributed by atoms with E-state index in [-0.39, 0.29) is 19.6 Å². The number of nitrogens with one attached hydrogen (secondary N) is 1. The van der Waals surface area contributed by atoms with Crippen molar-refractivity contribution in [3.63, 3.8) is 0 Å². The van der Waals surface area contributed by atoms with Crippen LogP contribution in [-0.2, 0) is 10.2 Å². The molecule has 1 N–H and O–H groups in total. The van der Waals surface area contributed by atoms with Gasteiger partial charge >= 0.3 is 6.18 Å². The first-order chi connectivity index (χ1) is 8.77. The van der Waals surface area contributed by atoms with Gasteiger partial charge in [0.05, 0.1) is 0 Å². The lowest BCUT2D eigenvalue weighted by atomic mass is 10.4. The molecular weight excluding hydrogens is 283 g/mol. The van der Waals surface area contributed by atoms with Gasteiger partial charge in [0.25, 0.3) is 10.2 Å². The van der Waals surface area contributed by atoms with E-state index in [1.54, 1.807) is 6.92 Å². The summed E-state index contributed by atoms with van der Waals surface area (Å²) in [6.45, 7) is 1.72. The van der Waals surface area contributed by atoms with Crippen LogP contribution in [0.4, 0.5) is 13.2 Å². The molecule has 0 radical (unpaired) electrons. The van der Waals surface area contributed by atoms with Crippen molar-refractivity contribution < 1.29 is 21.6 Å². The van der Waals surface area contributed by atoms with Crippen LogP contribution in [-0.4, -0.2) is 62.5 Å². The summed E-state index contributed by atoms with van der Waals surface area (Å²) in [6.07, 6.45) is -3.57. The van der Waals surface area contributed by atoms with Gasteiger partial charge in [0, 0.05) is 26.2 Å². The van der Waals surface area contributed by atoms with Crippen LogP contribution in [0.2, 0.25) is 0 Å². The first-order valence-electron chi connectivity index (χ1n) is 6.30. The summed E-state index contributed by atoms with van der Waals surface area (Å²) in [5.41, 5.74) is 0. The Morgan fingerprint density at radius 3 is 2.53 bits per heavy atom. The fourth-order valence-corrected chi connectivity index (χ4v) is 3.67. The molecule has 0 spiro atoms. The molecule has 0 bridgehead atoms. The van der Waals surface area contributed by atoms with Crippen molar-refractivity contribution in [1.82, 2.24) is 13.9 Å². The lowest BCUT2D eigenvalue weighted by Gasteiger charge is -2.29. The monoisotopic (exact) mass is 303 g/mol. The van der Waals surface area contributed by atoms with Crippen LogP contribution in [0.1, 0.15) is 19.8 Å². The number of halogens is 3. The minimum Gasteiger partial charge on any atom is -0.315 e. The number of rotatable bonds is 5. The lowest BCUT2D eigenvalue weighted by Crippen LogP contribution is -2.48. The second-order valence-corrected chi connectivity index (χ2v) is 6.39. The highest BCUT2D eigenvalue weighted by Crippen LogP contribution is 2.20. The number of nitrogens with zero attached hydrogens (tertiary/aromatic N) is 2. The third-order valence-corrected chi connectivity index (χ3v) is 4.76. The Kier molecular flexibility index (Phi) is 6.03. The Bertz CT molecular complexity index is 365. The first kappa shape index (κ1) is 16.7. The van der Waals surface area contributed by atoms with Crippen LogP contribution in [0.3, 0.4) is 0 Å². The molecular formula is C10H20F3N3O2S. The van der Waals surface area contributed by atoms with Crippen molar-refractivity contribution in [3.8, 4) is 0 Å². The van der Waals surface area contributed by atoms with E-state index in [4.69, 9.17) is 0 Å². The summed E-state index contributed by atoms with van der Waals surface area (Å²) in [6, 6.07) is 0. The summed E-state index contributed by atoms with van der Waals surface area (Å²) in [7, 11) is -4.04. The predicted molar refractivity (Wildman–Crippen MR) is 65.9 cm³/mol. The van der Waals surface area contributed by atoms with Crippen LogP contribution >= 0.6 is 0 Å². The standard InChI is InChI=1S/C10H20F3N3O2S/c1-2-6-16(9-10(11,12)13)19(17,18)15-7-3-4-14-5-8-15/h14H,2-9H2,1H3. The molecule has 1 aliphatic rings. The second kappa shape index (κ2) is 6.87. The molecule has 1 saturated heterocycles. The van der Waals surface area contributed by atoms with Gasteiger partial charge in [-0.1, -0.05) is 6.92 Å². The van der Waals surface area contributed by atoms with Crippen LogP contribution in [0.15, 0.2) is 0 Å². The smallest absolute Gasteiger partial charge is 0.315 e. The fourth-order valence-electron chi connectivity index (χ4n) is 1.94. The van der Waals surface area contributed by atoms with Gasteiger partial charge < -0.3 is 5.32 Å². The van der Waals surface area contributed by atoms with E-state index in [2.05, 4.69) is 5.32 Å². The minimum atomic E-state index is -4.52. The van der Waals surface area contributed by atoms with Crippen molar-refractivity contribution in [1.29, 1.82) is 0 Å². The Hall–Kier alpha value is -0.380. The highest BCUT2D eigenvalue weighted by atomic mass is 32.2. The predicted octanol–water partition coefficient (Wildman–Crippen LogP) is 0.801. The Morgan fingerprint density at radius 2 is 1.95 bits per heavy atom. The Labute approximate surface area is 111 Å². The third-order valence-electron chi connectivity index (χ3n) is 2.78. The van der Waals surface area contributed by atoms with Gasteiger partial charge in [-0.3, -0.25) is 0 Å². The van der Waals surface area contributed by atoms with Gasteiger partial charge in [-0.2, -0.15) is 30.2 Å². The third kappa shape index (κ3) is 5.25. The summed E-state index contributed by atoms with van der Waals surface area (Å²) >= 11 is 0. The van der Waals surface area contributed by atoms with E-state index in [9.17, 15) is 21.6 Å². The maximum Gasteiger partial charge on any atom is 0.402 e. The van der Waals surface area contributed by atoms with Crippen LogP contribution in [0.25, 0.3) is 0 Å². The molecule has 0 aromatic carbocycles. The first-order valence-corrected chi connectivity index (χ1v) is 7.70. The van der Waals surface area contributed by atoms with Gasteiger partial charge in [0.2, 0.25) is 0 Å². The second-order valence-electron chi connectivity index (χ2n) is 4.46. The summed E-state index contributed by atoms with van der Waals surface area (Å²) in [5.74, 6) is 0. The minimum absolute atomic E-state index is 0.119. The van der Waals surface area contributed by atoms with E-state index >= 15 is 0 Å². The molecule has 0 aliphatic carbocycles. The van der Waals surface area contributed by atoms with Gasteiger partial charge in [-0.25, -0.2) is 0 Å². The maximum atomic E-state index is 12.5. The zero-order valence-corrected chi connectivity index (χ0v) is 11.7. The van der Waals surface area contributed by atoms with Crippen LogP contribution < -0.4 is 5.32 Å². The van der Waals surface area contributed by atoms with Crippen molar-refractivity contribution in [3.05, 3.63) is 0 Å². The van der Waals surface area contributed by atoms with Gasteiger partial charge in [-0.15, -0.1) is 0 Å². The molecule has 0 aromatic rings. The fraction of sp³-hybridized carbons (Fsp3) is 1.00. The number of alkyl halides is 3. The summed E-state index contributed by atoms with van der Waals surface area (Å²) in [5, 5.41) is 3.02. The highest BCUT2D eigenvalue weighted by molar-refractivity contribution is 7.86. The number of hydrogen-bond donors (Lipinski definition) is 1. The van der Waals surface area contributed by atoms with E-state index in [0.717, 1.165) is 4.31 Å². The van der Waals surface area contributed by atoms with Crippen LogP contribution in [0, 0.1) is 0 Å². The molecule has 1 rings (SSSR count). The molecule has 1 aliphatic heterocycles.